The van der Waals surface area contributed by atoms with Crippen molar-refractivity contribution in [3.05, 3.63) is 58.7 Å². The molecule has 0 atom stereocenters. The number of aryl methyl sites for hydroxylation is 3. The van der Waals surface area contributed by atoms with Crippen LogP contribution in [0.15, 0.2) is 36.4 Å². The Morgan fingerprint density at radius 1 is 0.947 bits per heavy atom. The van der Waals surface area contributed by atoms with E-state index in [9.17, 15) is 0 Å². The molecule has 0 saturated heterocycles. The molecular formula is C17H20BrN. The first-order valence-corrected chi connectivity index (χ1v) is 7.61. The smallest absolute Gasteiger partial charge is 0.0437 e. The summed E-state index contributed by atoms with van der Waals surface area (Å²) in [5.41, 5.74) is 7.78. The fourth-order valence-corrected chi connectivity index (χ4v) is 2.99. The molecule has 2 aromatic rings. The number of hydrogen-bond acceptors (Lipinski definition) is 1. The van der Waals surface area contributed by atoms with Gasteiger partial charge < -0.3 is 4.90 Å². The van der Waals surface area contributed by atoms with E-state index in [4.69, 9.17) is 0 Å². The molecule has 19 heavy (non-hydrogen) atoms. The van der Waals surface area contributed by atoms with Gasteiger partial charge in [-0.1, -0.05) is 39.7 Å². The Hall–Kier alpha value is -1.28. The first-order valence-electron chi connectivity index (χ1n) is 6.49. The van der Waals surface area contributed by atoms with Gasteiger partial charge >= 0.3 is 0 Å². The monoisotopic (exact) mass is 317 g/mol. The largest absolute Gasteiger partial charge is 0.344 e. The number of rotatable bonds is 3. The summed E-state index contributed by atoms with van der Waals surface area (Å²) in [6.45, 7) is 6.46. The Kier molecular flexibility index (Phi) is 4.31. The predicted octanol–water partition coefficient (Wildman–Crippen LogP) is 5.27. The van der Waals surface area contributed by atoms with Crippen molar-refractivity contribution in [3.63, 3.8) is 0 Å². The molecule has 2 heteroatoms. The average Bonchev–Trinajstić information content (AvgIpc) is 2.38. The van der Waals surface area contributed by atoms with E-state index in [0.29, 0.717) is 0 Å². The minimum Gasteiger partial charge on any atom is -0.344 e. The minimum absolute atomic E-state index is 0.909. The van der Waals surface area contributed by atoms with E-state index in [0.717, 1.165) is 5.33 Å². The number of hydrogen-bond donors (Lipinski definition) is 0. The zero-order chi connectivity index (χ0) is 14.0. The van der Waals surface area contributed by atoms with Crippen LogP contribution in [0.4, 0.5) is 11.4 Å². The molecule has 100 valence electrons. The van der Waals surface area contributed by atoms with Gasteiger partial charge in [-0.3, -0.25) is 0 Å². The van der Waals surface area contributed by atoms with Crippen LogP contribution in [0, 0.1) is 20.8 Å². The normalized spacial score (nSPS) is 10.6. The molecule has 2 aromatic carbocycles. The van der Waals surface area contributed by atoms with Gasteiger partial charge in [-0.25, -0.2) is 0 Å². The summed E-state index contributed by atoms with van der Waals surface area (Å²) in [6.07, 6.45) is 0. The highest BCUT2D eigenvalue weighted by Gasteiger charge is 2.08. The molecule has 0 radical (unpaired) electrons. The minimum atomic E-state index is 0.909. The molecule has 0 fully saturated rings. The molecule has 1 nitrogen and oxygen atoms in total. The highest BCUT2D eigenvalue weighted by atomic mass is 79.9. The molecule has 0 N–H and O–H groups in total. The predicted molar refractivity (Wildman–Crippen MR) is 87.8 cm³/mol. The quantitative estimate of drug-likeness (QED) is 0.696. The summed E-state index contributed by atoms with van der Waals surface area (Å²) in [7, 11) is 2.13. The maximum atomic E-state index is 3.52. The van der Waals surface area contributed by atoms with E-state index in [-0.39, 0.29) is 0 Å². The summed E-state index contributed by atoms with van der Waals surface area (Å²) in [5.74, 6) is 0. The lowest BCUT2D eigenvalue weighted by Crippen LogP contribution is -2.11. The fourth-order valence-electron chi connectivity index (χ4n) is 2.36. The Morgan fingerprint density at radius 3 is 2.26 bits per heavy atom. The molecule has 0 heterocycles. The second-order valence-corrected chi connectivity index (χ2v) is 5.65. The summed E-state index contributed by atoms with van der Waals surface area (Å²) >= 11 is 3.52. The van der Waals surface area contributed by atoms with Gasteiger partial charge in [0.05, 0.1) is 0 Å². The van der Waals surface area contributed by atoms with Crippen LogP contribution < -0.4 is 4.90 Å². The summed E-state index contributed by atoms with van der Waals surface area (Å²) in [5, 5.41) is 0.909. The van der Waals surface area contributed by atoms with Gasteiger partial charge in [-0.2, -0.15) is 0 Å². The van der Waals surface area contributed by atoms with Gasteiger partial charge in [0.2, 0.25) is 0 Å². The summed E-state index contributed by atoms with van der Waals surface area (Å²) < 4.78 is 0. The number of halogens is 1. The zero-order valence-electron chi connectivity index (χ0n) is 12.0. The van der Waals surface area contributed by atoms with Crippen molar-refractivity contribution in [2.75, 3.05) is 11.9 Å². The third kappa shape index (κ3) is 3.01. The molecular weight excluding hydrogens is 298 g/mol. The molecule has 0 aliphatic heterocycles. The van der Waals surface area contributed by atoms with Crippen LogP contribution in [0.25, 0.3) is 0 Å². The number of nitrogens with zero attached hydrogens (tertiary/aromatic N) is 1. The lowest BCUT2D eigenvalue weighted by Gasteiger charge is -2.23. The molecule has 0 unspecified atom stereocenters. The molecule has 0 aliphatic carbocycles. The van der Waals surface area contributed by atoms with Gasteiger partial charge in [0.15, 0.2) is 0 Å². The van der Waals surface area contributed by atoms with E-state index < -0.39 is 0 Å². The van der Waals surface area contributed by atoms with Crippen molar-refractivity contribution in [2.24, 2.45) is 0 Å². The molecule has 0 aliphatic rings. The molecule has 0 spiro atoms. The van der Waals surface area contributed by atoms with E-state index in [1.165, 1.54) is 33.6 Å². The Balaban J connectivity index is 2.38. The van der Waals surface area contributed by atoms with Crippen LogP contribution in [0.1, 0.15) is 22.3 Å². The van der Waals surface area contributed by atoms with Crippen LogP contribution in [0.5, 0.6) is 0 Å². The van der Waals surface area contributed by atoms with Crippen LogP contribution >= 0.6 is 15.9 Å². The van der Waals surface area contributed by atoms with Crippen molar-refractivity contribution in [2.45, 2.75) is 26.1 Å². The number of alkyl halides is 1. The lowest BCUT2D eigenvalue weighted by atomic mass is 10.1. The van der Waals surface area contributed by atoms with Gasteiger partial charge in [0.1, 0.15) is 0 Å². The van der Waals surface area contributed by atoms with Gasteiger partial charge in [-0.15, -0.1) is 0 Å². The zero-order valence-corrected chi connectivity index (χ0v) is 13.6. The van der Waals surface area contributed by atoms with Crippen LogP contribution in [0.3, 0.4) is 0 Å². The van der Waals surface area contributed by atoms with Crippen molar-refractivity contribution in [3.8, 4) is 0 Å². The van der Waals surface area contributed by atoms with Crippen LogP contribution in [0.2, 0.25) is 0 Å². The topological polar surface area (TPSA) is 3.24 Å². The molecule has 2 rings (SSSR count). The lowest BCUT2D eigenvalue weighted by molar-refractivity contribution is 1.16. The van der Waals surface area contributed by atoms with Crippen molar-refractivity contribution >= 4 is 27.3 Å². The molecule has 0 bridgehead atoms. The second kappa shape index (κ2) is 5.79. The Morgan fingerprint density at radius 2 is 1.68 bits per heavy atom. The van der Waals surface area contributed by atoms with Gasteiger partial charge in [0.25, 0.3) is 0 Å². The van der Waals surface area contributed by atoms with E-state index >= 15 is 0 Å². The van der Waals surface area contributed by atoms with Crippen LogP contribution in [-0.4, -0.2) is 7.05 Å². The highest BCUT2D eigenvalue weighted by molar-refractivity contribution is 9.08. The maximum Gasteiger partial charge on any atom is 0.0437 e. The SMILES string of the molecule is Cc1ccc(N(C)c2ccc(CBr)c(C)c2)c(C)c1. The van der Waals surface area contributed by atoms with Gasteiger partial charge in [-0.05, 0) is 55.7 Å². The van der Waals surface area contributed by atoms with E-state index in [1.54, 1.807) is 0 Å². The van der Waals surface area contributed by atoms with Crippen molar-refractivity contribution in [1.82, 2.24) is 0 Å². The first-order chi connectivity index (χ1) is 9.02. The molecule has 0 aromatic heterocycles. The Bertz CT molecular complexity index is 590. The van der Waals surface area contributed by atoms with Crippen LogP contribution in [-0.2, 0) is 5.33 Å². The summed E-state index contributed by atoms with van der Waals surface area (Å²) in [6, 6.07) is 13.2. The van der Waals surface area contributed by atoms with Gasteiger partial charge in [0, 0.05) is 23.8 Å². The third-order valence-corrected chi connectivity index (χ3v) is 4.18. The first kappa shape index (κ1) is 14.1. The molecule has 0 amide bonds. The second-order valence-electron chi connectivity index (χ2n) is 5.09. The summed E-state index contributed by atoms with van der Waals surface area (Å²) in [4.78, 5) is 2.25. The number of benzene rings is 2. The third-order valence-electron chi connectivity index (χ3n) is 3.57. The standard InChI is InChI=1S/C17H20BrN/c1-12-5-8-17(14(3)9-12)19(4)16-7-6-15(11-18)13(2)10-16/h5-10H,11H2,1-4H3. The van der Waals surface area contributed by atoms with Crippen molar-refractivity contribution < 1.29 is 0 Å². The van der Waals surface area contributed by atoms with E-state index in [1.807, 2.05) is 0 Å². The average molecular weight is 318 g/mol. The van der Waals surface area contributed by atoms with Crippen molar-refractivity contribution in [1.29, 1.82) is 0 Å². The highest BCUT2D eigenvalue weighted by Crippen LogP contribution is 2.29. The number of anilines is 2. The van der Waals surface area contributed by atoms with E-state index in [2.05, 4.69) is 85.0 Å². The fraction of sp³-hybridized carbons (Fsp3) is 0.294. The molecule has 0 saturated carbocycles. The Labute approximate surface area is 124 Å². The maximum absolute atomic E-state index is 3.52.